The van der Waals surface area contributed by atoms with E-state index < -0.39 is 17.3 Å². The summed E-state index contributed by atoms with van der Waals surface area (Å²) < 4.78 is 46.2. The third-order valence-corrected chi connectivity index (χ3v) is 7.14. The molecule has 200 valence electrons. The number of aliphatic imine (C=N–C) groups is 1. The Balaban J connectivity index is 1.51. The molecule has 0 unspecified atom stereocenters. The van der Waals surface area contributed by atoms with Crippen LogP contribution >= 0.6 is 0 Å². The Morgan fingerprint density at radius 3 is 2.15 bits per heavy atom. The first-order valence-corrected chi connectivity index (χ1v) is 12.3. The van der Waals surface area contributed by atoms with Crippen LogP contribution in [0.4, 0.5) is 30.2 Å². The molecule has 1 amide bonds. The van der Waals surface area contributed by atoms with Gasteiger partial charge >= 0.3 is 6.18 Å². The number of carbonyl (C=O) groups is 1. The summed E-state index contributed by atoms with van der Waals surface area (Å²) >= 11 is 0. The van der Waals surface area contributed by atoms with Gasteiger partial charge in [0.25, 0.3) is 5.91 Å². The lowest BCUT2D eigenvalue weighted by Crippen LogP contribution is -2.44. The summed E-state index contributed by atoms with van der Waals surface area (Å²) in [5, 5.41) is 5.87. The van der Waals surface area contributed by atoms with Crippen LogP contribution in [0.25, 0.3) is 0 Å². The van der Waals surface area contributed by atoms with Crippen molar-refractivity contribution >= 4 is 35.4 Å². The Morgan fingerprint density at radius 2 is 1.50 bits per heavy atom. The Morgan fingerprint density at radius 1 is 0.850 bits per heavy atom. The molecule has 0 saturated carbocycles. The fraction of sp³-hybridized carbons (Fsp3) is 0.100. The van der Waals surface area contributed by atoms with E-state index in [4.69, 9.17) is 16.2 Å². The minimum Gasteiger partial charge on any atom is -0.456 e. The summed E-state index contributed by atoms with van der Waals surface area (Å²) in [6.45, 7) is 1.36. The van der Waals surface area contributed by atoms with Gasteiger partial charge in [0.2, 0.25) is 0 Å². The normalized spacial score (nSPS) is 15.4. The number of fused-ring (bicyclic) bond motifs is 6. The molecule has 40 heavy (non-hydrogen) atoms. The molecule has 2 aliphatic heterocycles. The predicted molar refractivity (Wildman–Crippen MR) is 147 cm³/mol. The zero-order chi connectivity index (χ0) is 28.2. The summed E-state index contributed by atoms with van der Waals surface area (Å²) in [7, 11) is 0. The Hall–Kier alpha value is -5.12. The Labute approximate surface area is 227 Å². The molecule has 0 radical (unpaired) electrons. The molecular weight excluding hydrogens is 519 g/mol. The molecule has 4 N–H and O–H groups in total. The summed E-state index contributed by atoms with van der Waals surface area (Å²) in [4.78, 5) is 18.0. The van der Waals surface area contributed by atoms with Gasteiger partial charge in [0.05, 0.1) is 17.5 Å². The second kappa shape index (κ2) is 8.98. The van der Waals surface area contributed by atoms with Crippen molar-refractivity contribution in [1.29, 1.82) is 0 Å². The third kappa shape index (κ3) is 3.71. The van der Waals surface area contributed by atoms with Gasteiger partial charge < -0.3 is 16.2 Å². The lowest BCUT2D eigenvalue weighted by molar-refractivity contribution is -0.138. The van der Waals surface area contributed by atoms with E-state index in [1.54, 1.807) is 48.5 Å². The summed E-state index contributed by atoms with van der Waals surface area (Å²) in [6.07, 6.45) is -1.95. The highest BCUT2D eigenvalue weighted by Gasteiger charge is 2.57. The van der Waals surface area contributed by atoms with Gasteiger partial charge in [0.1, 0.15) is 17.0 Å². The molecule has 2 heterocycles. The van der Waals surface area contributed by atoms with Gasteiger partial charge in [-0.15, -0.1) is 0 Å². The van der Waals surface area contributed by atoms with Gasteiger partial charge in [-0.2, -0.15) is 18.3 Å². The van der Waals surface area contributed by atoms with Gasteiger partial charge in [0, 0.05) is 52.0 Å². The van der Waals surface area contributed by atoms with Crippen molar-refractivity contribution in [2.75, 3.05) is 11.5 Å². The Kier molecular flexibility index (Phi) is 5.65. The molecule has 4 aromatic rings. The van der Waals surface area contributed by atoms with Crippen molar-refractivity contribution < 1.29 is 22.7 Å². The molecule has 0 saturated heterocycles. The lowest BCUT2D eigenvalue weighted by Gasteiger charge is -2.41. The summed E-state index contributed by atoms with van der Waals surface area (Å²) in [6, 6.07) is 21.3. The SMILES string of the molecule is Cc1c(N=C/C=N/N2C(=O)c3ccccc3C23c2ccc(N)cc2Oc2cc(N)ccc23)cccc1C(F)(F)F. The van der Waals surface area contributed by atoms with E-state index in [-0.39, 0.29) is 17.2 Å². The van der Waals surface area contributed by atoms with E-state index in [1.165, 1.54) is 36.5 Å². The van der Waals surface area contributed by atoms with E-state index in [0.717, 1.165) is 6.07 Å². The fourth-order valence-electron chi connectivity index (χ4n) is 5.41. The van der Waals surface area contributed by atoms with Gasteiger partial charge in [-0.05, 0) is 42.8 Å². The smallest absolute Gasteiger partial charge is 0.416 e. The molecule has 7 nitrogen and oxygen atoms in total. The van der Waals surface area contributed by atoms with Crippen LogP contribution < -0.4 is 16.2 Å². The van der Waals surface area contributed by atoms with Crippen LogP contribution in [0.15, 0.2) is 89.0 Å². The number of alkyl halides is 3. The summed E-state index contributed by atoms with van der Waals surface area (Å²) in [5.74, 6) is 0.509. The number of ether oxygens (including phenoxy) is 1. The van der Waals surface area contributed by atoms with Crippen LogP contribution in [0.3, 0.4) is 0 Å². The number of nitrogen functional groups attached to an aromatic ring is 2. The molecule has 10 heteroatoms. The van der Waals surface area contributed by atoms with Crippen LogP contribution in [-0.2, 0) is 11.7 Å². The lowest BCUT2D eigenvalue weighted by atomic mass is 9.75. The molecule has 0 aliphatic carbocycles. The number of hydrogen-bond acceptors (Lipinski definition) is 6. The van der Waals surface area contributed by atoms with E-state index in [9.17, 15) is 18.0 Å². The topological polar surface area (TPSA) is 106 Å². The maximum atomic E-state index is 13.8. The molecule has 0 aromatic heterocycles. The average Bonchev–Trinajstić information content (AvgIpc) is 3.15. The molecular formula is C30H22F3N5O2. The molecule has 0 bridgehead atoms. The largest absolute Gasteiger partial charge is 0.456 e. The van der Waals surface area contributed by atoms with E-state index in [1.807, 2.05) is 12.1 Å². The molecule has 4 aromatic carbocycles. The first-order valence-electron chi connectivity index (χ1n) is 12.3. The first-order chi connectivity index (χ1) is 19.1. The van der Waals surface area contributed by atoms with E-state index >= 15 is 0 Å². The third-order valence-electron chi connectivity index (χ3n) is 7.14. The summed E-state index contributed by atoms with van der Waals surface area (Å²) in [5.41, 5.74) is 13.6. The number of hydrogen-bond donors (Lipinski definition) is 2. The number of amides is 1. The van der Waals surface area contributed by atoms with Crippen LogP contribution in [0.5, 0.6) is 11.5 Å². The quantitative estimate of drug-likeness (QED) is 0.231. The van der Waals surface area contributed by atoms with Gasteiger partial charge in [-0.1, -0.05) is 36.4 Å². The van der Waals surface area contributed by atoms with Crippen LogP contribution in [0.2, 0.25) is 0 Å². The molecule has 0 fully saturated rings. The number of halogens is 3. The highest BCUT2D eigenvalue weighted by Crippen LogP contribution is 2.57. The number of nitrogens with zero attached hydrogens (tertiary/aromatic N) is 3. The Bertz CT molecular complexity index is 1690. The predicted octanol–water partition coefficient (Wildman–Crippen LogP) is 6.42. The molecule has 0 atom stereocenters. The minimum absolute atomic E-state index is 0.0109. The zero-order valence-corrected chi connectivity index (χ0v) is 21.1. The number of benzene rings is 4. The van der Waals surface area contributed by atoms with Crippen molar-refractivity contribution in [3.05, 3.63) is 112 Å². The average molecular weight is 542 g/mol. The van der Waals surface area contributed by atoms with Gasteiger partial charge in [-0.25, -0.2) is 5.01 Å². The molecule has 1 spiro atoms. The molecule has 6 rings (SSSR count). The standard InChI is InChI=1S/C30H22F3N5O2/c1-17-21(30(31,32)33)7-4-8-25(17)36-13-14-37-38-28(39)20-5-2-3-6-22(20)29(38)23-11-9-18(34)15-26(23)40-27-16-19(35)10-12-24(27)29/h2-16H,34-35H2,1H3/b36-13?,37-14+. The van der Waals surface area contributed by atoms with Crippen molar-refractivity contribution in [1.82, 2.24) is 5.01 Å². The second-order valence-electron chi connectivity index (χ2n) is 9.48. The monoisotopic (exact) mass is 541 g/mol. The number of anilines is 2. The van der Waals surface area contributed by atoms with Crippen LogP contribution in [-0.4, -0.2) is 23.3 Å². The highest BCUT2D eigenvalue weighted by molar-refractivity contribution is 6.17. The highest BCUT2D eigenvalue weighted by atomic mass is 19.4. The number of nitrogens with two attached hydrogens (primary N) is 2. The maximum Gasteiger partial charge on any atom is 0.416 e. The zero-order valence-electron chi connectivity index (χ0n) is 21.1. The van der Waals surface area contributed by atoms with E-state index in [2.05, 4.69) is 10.1 Å². The molecule has 2 aliphatic rings. The minimum atomic E-state index is -4.50. The van der Waals surface area contributed by atoms with Crippen molar-refractivity contribution in [2.45, 2.75) is 18.6 Å². The van der Waals surface area contributed by atoms with Crippen LogP contribution in [0, 0.1) is 6.92 Å². The number of carbonyl (C=O) groups excluding carboxylic acids is 1. The number of rotatable bonds is 3. The van der Waals surface area contributed by atoms with Crippen molar-refractivity contribution in [3.63, 3.8) is 0 Å². The fourth-order valence-corrected chi connectivity index (χ4v) is 5.41. The first kappa shape index (κ1) is 25.2. The second-order valence-corrected chi connectivity index (χ2v) is 9.48. The van der Waals surface area contributed by atoms with Gasteiger partial charge in [0.15, 0.2) is 0 Å². The van der Waals surface area contributed by atoms with Crippen molar-refractivity contribution in [2.24, 2.45) is 10.1 Å². The maximum absolute atomic E-state index is 13.8. The van der Waals surface area contributed by atoms with Crippen molar-refractivity contribution in [3.8, 4) is 11.5 Å². The van der Waals surface area contributed by atoms with Gasteiger partial charge in [-0.3, -0.25) is 9.79 Å². The van der Waals surface area contributed by atoms with E-state index in [0.29, 0.717) is 45.1 Å². The number of hydrazone groups is 1. The van der Waals surface area contributed by atoms with Crippen LogP contribution in [0.1, 0.15) is 38.2 Å².